The number of piperazine rings is 1. The number of nitrogens with zero attached hydrogens (tertiary/aromatic N) is 4. The first kappa shape index (κ1) is 20.0. The highest BCUT2D eigenvalue weighted by Crippen LogP contribution is 2.25. The topological polar surface area (TPSA) is 87.5 Å². The molecule has 1 atom stereocenters. The smallest absolute Gasteiger partial charge is 0.262 e. The lowest BCUT2D eigenvalue weighted by atomic mass is 10.1. The largest absolute Gasteiger partial charge is 0.336 e. The second-order valence-corrected chi connectivity index (χ2v) is 6.95. The fraction of sp³-hybridized carbons (Fsp3) is 0.368. The highest BCUT2D eigenvalue weighted by Gasteiger charge is 2.39. The zero-order valence-corrected chi connectivity index (χ0v) is 16.5. The van der Waals surface area contributed by atoms with Crippen LogP contribution < -0.4 is 5.32 Å². The van der Waals surface area contributed by atoms with Crippen LogP contribution in [0.25, 0.3) is 0 Å². The average molecular weight is 404 g/mol. The predicted octanol–water partition coefficient (Wildman–Crippen LogP) is 0.919. The second kappa shape index (κ2) is 7.73. The molecule has 4 rings (SSSR count). The summed E-state index contributed by atoms with van der Waals surface area (Å²) in [5.41, 5.74) is 1.63. The van der Waals surface area contributed by atoms with Gasteiger partial charge in [-0.1, -0.05) is 11.6 Å². The molecule has 1 fully saturated rings. The van der Waals surface area contributed by atoms with Crippen LogP contribution >= 0.6 is 12.4 Å². The third kappa shape index (κ3) is 3.29. The van der Waals surface area contributed by atoms with Crippen molar-refractivity contribution in [3.63, 3.8) is 0 Å². The van der Waals surface area contributed by atoms with Crippen LogP contribution in [0.4, 0.5) is 0 Å². The maximum absolute atomic E-state index is 13.0. The number of carbonyl (C=O) groups excluding carboxylic acids is 3. The molecule has 2 aromatic rings. The average Bonchev–Trinajstić information content (AvgIpc) is 3.18. The maximum atomic E-state index is 13.0. The molecule has 2 aliphatic heterocycles. The number of halogens is 1. The zero-order chi connectivity index (χ0) is 19.1. The monoisotopic (exact) mass is 403 g/mol. The predicted molar refractivity (Wildman–Crippen MR) is 104 cm³/mol. The lowest BCUT2D eigenvalue weighted by molar-refractivity contribution is -0.135. The van der Waals surface area contributed by atoms with Crippen LogP contribution in [0.5, 0.6) is 0 Å². The Labute approximate surface area is 168 Å². The number of fused-ring (bicyclic) bond motifs is 1. The Balaban J connectivity index is 0.00000225. The first-order valence-corrected chi connectivity index (χ1v) is 8.91. The summed E-state index contributed by atoms with van der Waals surface area (Å²) in [6.45, 7) is 3.35. The van der Waals surface area contributed by atoms with Crippen LogP contribution in [0, 0.1) is 6.92 Å². The number of imidazole rings is 1. The van der Waals surface area contributed by atoms with Crippen LogP contribution in [0.1, 0.15) is 38.1 Å². The molecule has 1 N–H and O–H groups in total. The molecule has 0 radical (unpaired) electrons. The molecular weight excluding hydrogens is 382 g/mol. The number of aromatic nitrogens is 2. The van der Waals surface area contributed by atoms with Crippen molar-refractivity contribution in [3.05, 3.63) is 53.1 Å². The summed E-state index contributed by atoms with van der Waals surface area (Å²) in [5, 5.41) is 3.27. The van der Waals surface area contributed by atoms with Crippen LogP contribution in [-0.4, -0.2) is 63.3 Å². The van der Waals surface area contributed by atoms with Crippen molar-refractivity contribution >= 4 is 30.1 Å². The van der Waals surface area contributed by atoms with E-state index in [9.17, 15) is 14.4 Å². The Hall–Kier alpha value is -2.71. The van der Waals surface area contributed by atoms with Gasteiger partial charge in [0.2, 0.25) is 5.91 Å². The first-order chi connectivity index (χ1) is 13.0. The van der Waals surface area contributed by atoms with Gasteiger partial charge in [0.15, 0.2) is 0 Å². The molecule has 0 bridgehead atoms. The molecule has 0 aliphatic carbocycles. The number of aryl methyl sites for hydroxylation is 2. The SMILES string of the molecule is Cc1ccc2c(c1)C(=O)N(CC(=O)N1CCNCC1c1nccn1C)C2=O.Cl. The van der Waals surface area contributed by atoms with Crippen LogP contribution in [-0.2, 0) is 11.8 Å². The van der Waals surface area contributed by atoms with Crippen molar-refractivity contribution in [1.29, 1.82) is 0 Å². The molecule has 1 unspecified atom stereocenters. The molecule has 1 aromatic heterocycles. The van der Waals surface area contributed by atoms with Crippen LogP contribution in [0.3, 0.4) is 0 Å². The third-order valence-corrected chi connectivity index (χ3v) is 5.14. The summed E-state index contributed by atoms with van der Waals surface area (Å²) in [5.74, 6) is -0.299. The van der Waals surface area contributed by atoms with Crippen molar-refractivity contribution in [3.8, 4) is 0 Å². The van der Waals surface area contributed by atoms with E-state index >= 15 is 0 Å². The Morgan fingerprint density at radius 2 is 2.00 bits per heavy atom. The van der Waals surface area contributed by atoms with Crippen LogP contribution in [0.2, 0.25) is 0 Å². The van der Waals surface area contributed by atoms with E-state index in [1.54, 1.807) is 29.3 Å². The van der Waals surface area contributed by atoms with E-state index in [0.717, 1.165) is 16.3 Å². The minimum absolute atomic E-state index is 0. The molecule has 2 aliphatic rings. The normalized spacial score (nSPS) is 18.9. The highest BCUT2D eigenvalue weighted by molar-refractivity contribution is 6.22. The van der Waals surface area contributed by atoms with E-state index in [1.165, 1.54) is 0 Å². The summed E-state index contributed by atoms with van der Waals surface area (Å²) in [6, 6.07) is 4.91. The van der Waals surface area contributed by atoms with Gasteiger partial charge < -0.3 is 14.8 Å². The van der Waals surface area contributed by atoms with E-state index in [0.29, 0.717) is 30.8 Å². The van der Waals surface area contributed by atoms with Crippen LogP contribution in [0.15, 0.2) is 30.6 Å². The first-order valence-electron chi connectivity index (χ1n) is 8.91. The van der Waals surface area contributed by atoms with E-state index in [4.69, 9.17) is 0 Å². The van der Waals surface area contributed by atoms with Gasteiger partial charge in [-0.25, -0.2) is 4.98 Å². The Morgan fingerprint density at radius 1 is 1.25 bits per heavy atom. The van der Waals surface area contributed by atoms with Crippen molar-refractivity contribution in [2.45, 2.75) is 13.0 Å². The van der Waals surface area contributed by atoms with Crippen molar-refractivity contribution in [1.82, 2.24) is 24.7 Å². The number of imide groups is 1. The molecule has 1 saturated heterocycles. The number of hydrogen-bond acceptors (Lipinski definition) is 5. The van der Waals surface area contributed by atoms with Gasteiger partial charge in [-0.15, -0.1) is 12.4 Å². The van der Waals surface area contributed by atoms with E-state index < -0.39 is 11.8 Å². The molecule has 9 heteroatoms. The van der Waals surface area contributed by atoms with Gasteiger partial charge in [0.05, 0.1) is 11.1 Å². The number of carbonyl (C=O) groups is 3. The van der Waals surface area contributed by atoms with Crippen molar-refractivity contribution < 1.29 is 14.4 Å². The molecular formula is C19H22ClN5O3. The molecule has 3 amide bonds. The molecule has 0 spiro atoms. The van der Waals surface area contributed by atoms with E-state index in [-0.39, 0.29) is 30.9 Å². The standard InChI is InChI=1S/C19H21N5O3.ClH/c1-12-3-4-13-14(9-12)19(27)24(18(13)26)11-16(25)23-8-5-20-10-15(23)17-21-6-7-22(17)2;/h3-4,6-7,9,15,20H,5,8,10-11H2,1-2H3;1H. The van der Waals surface area contributed by atoms with Crippen molar-refractivity contribution in [2.24, 2.45) is 7.05 Å². The Bertz CT molecular complexity index is 941. The summed E-state index contributed by atoms with van der Waals surface area (Å²) in [6.07, 6.45) is 3.53. The van der Waals surface area contributed by atoms with Gasteiger partial charge >= 0.3 is 0 Å². The Morgan fingerprint density at radius 3 is 2.71 bits per heavy atom. The highest BCUT2D eigenvalue weighted by atomic mass is 35.5. The molecule has 0 saturated carbocycles. The molecule has 3 heterocycles. The maximum Gasteiger partial charge on any atom is 0.262 e. The molecule has 28 heavy (non-hydrogen) atoms. The lowest BCUT2D eigenvalue weighted by Gasteiger charge is -2.36. The van der Waals surface area contributed by atoms with E-state index in [2.05, 4.69) is 10.3 Å². The second-order valence-electron chi connectivity index (χ2n) is 6.95. The van der Waals surface area contributed by atoms with Crippen molar-refractivity contribution in [2.75, 3.05) is 26.2 Å². The minimum Gasteiger partial charge on any atom is -0.336 e. The number of nitrogens with one attached hydrogen (secondary N) is 1. The molecule has 8 nitrogen and oxygen atoms in total. The number of amides is 3. The quantitative estimate of drug-likeness (QED) is 0.770. The molecule has 148 valence electrons. The minimum atomic E-state index is -0.410. The van der Waals surface area contributed by atoms with Gasteiger partial charge in [0, 0.05) is 39.1 Å². The number of rotatable bonds is 3. The third-order valence-electron chi connectivity index (χ3n) is 5.14. The fourth-order valence-electron chi connectivity index (χ4n) is 3.71. The lowest BCUT2D eigenvalue weighted by Crippen LogP contribution is -2.52. The summed E-state index contributed by atoms with van der Waals surface area (Å²) in [4.78, 5) is 45.4. The van der Waals surface area contributed by atoms with Gasteiger partial charge in [0.1, 0.15) is 18.4 Å². The summed E-state index contributed by atoms with van der Waals surface area (Å²) < 4.78 is 1.88. The van der Waals surface area contributed by atoms with Gasteiger partial charge in [-0.3, -0.25) is 19.3 Å². The zero-order valence-electron chi connectivity index (χ0n) is 15.7. The fourth-order valence-corrected chi connectivity index (χ4v) is 3.71. The molecule has 1 aromatic carbocycles. The Kier molecular flexibility index (Phi) is 5.53. The van der Waals surface area contributed by atoms with Gasteiger partial charge in [-0.2, -0.15) is 0 Å². The number of benzene rings is 1. The number of hydrogen-bond donors (Lipinski definition) is 1. The van der Waals surface area contributed by atoms with Gasteiger partial charge in [-0.05, 0) is 19.1 Å². The van der Waals surface area contributed by atoms with Gasteiger partial charge in [0.25, 0.3) is 11.8 Å². The van der Waals surface area contributed by atoms with E-state index in [1.807, 2.05) is 24.7 Å². The summed E-state index contributed by atoms with van der Waals surface area (Å²) >= 11 is 0. The summed E-state index contributed by atoms with van der Waals surface area (Å²) in [7, 11) is 1.88.